The van der Waals surface area contributed by atoms with Gasteiger partial charge in [-0.25, -0.2) is 0 Å². The fourth-order valence-corrected chi connectivity index (χ4v) is 7.76. The second kappa shape index (κ2) is 12.0. The fourth-order valence-electron chi connectivity index (χ4n) is 4.50. The summed E-state index contributed by atoms with van der Waals surface area (Å²) < 4.78 is 3.95. The first kappa shape index (κ1) is 28.6. The van der Waals surface area contributed by atoms with Gasteiger partial charge in [-0.2, -0.15) is 0 Å². The van der Waals surface area contributed by atoms with Gasteiger partial charge >= 0.3 is 174 Å². The molecule has 0 aliphatic heterocycles. The molecule has 0 aliphatic carbocycles. The summed E-state index contributed by atoms with van der Waals surface area (Å²) in [6.07, 6.45) is 3.09. The van der Waals surface area contributed by atoms with Crippen LogP contribution in [0.4, 0.5) is 0 Å². The summed E-state index contributed by atoms with van der Waals surface area (Å²) in [5, 5.41) is 10.9. The summed E-state index contributed by atoms with van der Waals surface area (Å²) in [5.74, 6) is 7.33. The Hall–Kier alpha value is -2.99. The van der Waals surface area contributed by atoms with Gasteiger partial charge in [-0.15, -0.1) is 0 Å². The van der Waals surface area contributed by atoms with Crippen LogP contribution in [-0.4, -0.2) is 33.7 Å². The van der Waals surface area contributed by atoms with Crippen LogP contribution in [0.2, 0.25) is 17.3 Å². The number of aliphatic hydroxyl groups excluding tert-OH is 1. The molecular formula is C31H31GeIrN2O2-. The number of para-hydroxylation sites is 2. The average molecular weight is 728 g/mol. The maximum atomic E-state index is 10.0. The Morgan fingerprint density at radius 1 is 0.946 bits per heavy atom. The van der Waals surface area contributed by atoms with E-state index >= 15 is 0 Å². The molecule has 0 saturated heterocycles. The van der Waals surface area contributed by atoms with Crippen molar-refractivity contribution in [1.29, 1.82) is 0 Å². The number of allylic oxidation sites excluding steroid dienone is 2. The van der Waals surface area contributed by atoms with Gasteiger partial charge < -0.3 is 5.11 Å². The molecule has 0 unspecified atom stereocenters. The Balaban J connectivity index is 0.000000422. The molecule has 0 spiro atoms. The third kappa shape index (κ3) is 6.30. The van der Waals surface area contributed by atoms with Crippen molar-refractivity contribution in [1.82, 2.24) is 9.55 Å². The smallest absolute Gasteiger partial charge is 0 e. The van der Waals surface area contributed by atoms with E-state index in [0.29, 0.717) is 0 Å². The summed E-state index contributed by atoms with van der Waals surface area (Å²) in [4.78, 5) is 14.8. The van der Waals surface area contributed by atoms with Gasteiger partial charge in [0.2, 0.25) is 0 Å². The zero-order valence-electron chi connectivity index (χ0n) is 21.7. The topological polar surface area (TPSA) is 55.1 Å². The molecule has 5 aromatic rings. The summed E-state index contributed by atoms with van der Waals surface area (Å²) in [7, 11) is 0. The van der Waals surface area contributed by atoms with Crippen LogP contribution in [0.3, 0.4) is 0 Å². The zero-order valence-corrected chi connectivity index (χ0v) is 26.2. The number of carbonyl (C=O) groups excluding carboxylic acids is 1. The number of hydrogen-bond donors (Lipinski definition) is 1. The van der Waals surface area contributed by atoms with Gasteiger partial charge in [-0.3, -0.25) is 4.79 Å². The number of ketones is 1. The van der Waals surface area contributed by atoms with Gasteiger partial charge in [0, 0.05) is 26.2 Å². The minimum atomic E-state index is -2.13. The molecular weight excluding hydrogens is 697 g/mol. The zero-order chi connectivity index (χ0) is 25.9. The first-order valence-electron chi connectivity index (χ1n) is 12.0. The van der Waals surface area contributed by atoms with Crippen molar-refractivity contribution in [3.63, 3.8) is 0 Å². The molecule has 0 bridgehead atoms. The van der Waals surface area contributed by atoms with Crippen LogP contribution in [-0.2, 0) is 24.9 Å². The molecule has 0 atom stereocenters. The number of pyridine rings is 1. The molecule has 2 heterocycles. The maximum Gasteiger partial charge on any atom is 0 e. The molecule has 3 aromatic carbocycles. The monoisotopic (exact) mass is 730 g/mol. The molecule has 1 radical (unpaired) electrons. The summed E-state index contributed by atoms with van der Waals surface area (Å²) in [6.45, 7) is 2.85. The predicted octanol–water partition coefficient (Wildman–Crippen LogP) is 7.23. The molecule has 0 saturated carbocycles. The van der Waals surface area contributed by atoms with E-state index in [1.807, 2.05) is 18.3 Å². The van der Waals surface area contributed by atoms with Crippen LogP contribution in [0.25, 0.3) is 38.8 Å². The summed E-state index contributed by atoms with van der Waals surface area (Å²) in [6, 6.07) is 31.1. The molecule has 37 heavy (non-hydrogen) atoms. The van der Waals surface area contributed by atoms with E-state index < -0.39 is 13.3 Å². The van der Waals surface area contributed by atoms with Crippen LogP contribution < -0.4 is 4.40 Å². The van der Waals surface area contributed by atoms with Gasteiger partial charge in [0.05, 0.1) is 5.76 Å². The van der Waals surface area contributed by atoms with E-state index in [4.69, 9.17) is 10.1 Å². The average Bonchev–Trinajstić information content (AvgIpc) is 3.18. The van der Waals surface area contributed by atoms with Gasteiger partial charge in [0.15, 0.2) is 5.78 Å². The van der Waals surface area contributed by atoms with E-state index in [1.165, 1.54) is 51.8 Å². The standard InChI is InChI=1S/C26H23GeN2.C5H8O2.Ir/c1-27(2,3)22-16-10-15-21-24-23(29(26(21)22)20-13-8-5-9-14-20)17-18-28-25(24)19-11-6-4-7-12-19;1-4(6)3-5(2)7;/h4-11,13-18H,1-3H3;3,6H,1-2H3;/q-1;;/b;4-3-;. The van der Waals surface area contributed by atoms with Gasteiger partial charge in [0.25, 0.3) is 0 Å². The largest absolute Gasteiger partial charge is 0 e. The number of aliphatic hydroxyl groups is 1. The Labute approximate surface area is 234 Å². The van der Waals surface area contributed by atoms with Crippen molar-refractivity contribution in [2.75, 3.05) is 0 Å². The first-order chi connectivity index (χ1) is 17.2. The SMILES string of the molecule is CC(=O)/C=C(/C)O.[CH3][Ge]([CH3])([CH3])[c]1cccc2c3c(-c4[c-]cccc4)nccc3n(-c3ccccc3)c12.[Ir]. The Kier molecular flexibility index (Phi) is 9.30. The van der Waals surface area contributed by atoms with E-state index in [0.717, 1.165) is 11.3 Å². The molecule has 6 heteroatoms. The van der Waals surface area contributed by atoms with Gasteiger partial charge in [-0.1, -0.05) is 0 Å². The molecule has 4 nitrogen and oxygen atoms in total. The number of nitrogens with zero attached hydrogens (tertiary/aromatic N) is 2. The van der Waals surface area contributed by atoms with Crippen molar-refractivity contribution >= 4 is 45.3 Å². The van der Waals surface area contributed by atoms with E-state index in [2.05, 4.69) is 94.6 Å². The second-order valence-corrected chi connectivity index (χ2v) is 20.4. The minimum Gasteiger partial charge on any atom is 0 e. The number of benzene rings is 3. The minimum absolute atomic E-state index is 0. The molecule has 191 valence electrons. The first-order valence-corrected chi connectivity index (χ1v) is 19.4. The van der Waals surface area contributed by atoms with Crippen LogP contribution in [0, 0.1) is 6.07 Å². The van der Waals surface area contributed by atoms with Crippen LogP contribution in [0.15, 0.2) is 96.9 Å². The maximum absolute atomic E-state index is 10.0. The van der Waals surface area contributed by atoms with Crippen molar-refractivity contribution in [2.45, 2.75) is 31.1 Å². The van der Waals surface area contributed by atoms with Crippen molar-refractivity contribution in [3.05, 3.63) is 103 Å². The van der Waals surface area contributed by atoms with E-state index in [9.17, 15) is 4.79 Å². The molecule has 0 aliphatic rings. The van der Waals surface area contributed by atoms with E-state index in [1.54, 1.807) is 0 Å². The van der Waals surface area contributed by atoms with Gasteiger partial charge in [0.1, 0.15) is 0 Å². The molecule has 0 fully saturated rings. The van der Waals surface area contributed by atoms with Crippen molar-refractivity contribution < 1.29 is 30.0 Å². The second-order valence-electron chi connectivity index (χ2n) is 9.85. The number of rotatable bonds is 4. The molecule has 5 rings (SSSR count). The van der Waals surface area contributed by atoms with Crippen LogP contribution >= 0.6 is 0 Å². The van der Waals surface area contributed by atoms with Crippen molar-refractivity contribution in [3.8, 4) is 16.9 Å². The third-order valence-electron chi connectivity index (χ3n) is 5.90. The number of carbonyl (C=O) groups is 1. The fraction of sp³-hybridized carbons (Fsp3) is 0.161. The molecule has 0 amide bonds. The van der Waals surface area contributed by atoms with Gasteiger partial charge in [-0.05, 0) is 13.8 Å². The number of fused-ring (bicyclic) bond motifs is 3. The predicted molar refractivity (Wildman–Crippen MR) is 153 cm³/mol. The Morgan fingerprint density at radius 2 is 1.65 bits per heavy atom. The molecule has 2 aromatic heterocycles. The Bertz CT molecular complexity index is 1550. The van der Waals surface area contributed by atoms with Crippen molar-refractivity contribution in [2.24, 2.45) is 0 Å². The van der Waals surface area contributed by atoms with E-state index in [-0.39, 0.29) is 31.6 Å². The quantitative estimate of drug-likeness (QED) is 0.0921. The number of hydrogen-bond acceptors (Lipinski definition) is 3. The van der Waals surface area contributed by atoms with Crippen LogP contribution in [0.5, 0.6) is 0 Å². The molecule has 1 N–H and O–H groups in total. The normalized spacial score (nSPS) is 11.5. The number of aromatic nitrogens is 2. The summed E-state index contributed by atoms with van der Waals surface area (Å²) >= 11 is -2.13. The van der Waals surface area contributed by atoms with Crippen LogP contribution in [0.1, 0.15) is 13.8 Å². The Morgan fingerprint density at radius 3 is 2.22 bits per heavy atom. The third-order valence-corrected chi connectivity index (χ3v) is 10.1. The summed E-state index contributed by atoms with van der Waals surface area (Å²) in [5.41, 5.74) is 5.77.